The molecule has 0 aromatic heterocycles. The first-order valence-electron chi connectivity index (χ1n) is 4.78. The van der Waals surface area contributed by atoms with Gasteiger partial charge < -0.3 is 10.5 Å². The number of hydrogen-bond donors (Lipinski definition) is 1. The molecule has 0 bridgehead atoms. The number of nitrogens with two attached hydrogens (primary N) is 1. The SMILES string of the molecule is NC1=CCC2C(=C1)Oc1ccccc12. The number of fused-ring (bicyclic) bond motifs is 3. The lowest BCUT2D eigenvalue weighted by molar-refractivity contribution is 0.424. The van der Waals surface area contributed by atoms with Gasteiger partial charge in [0.15, 0.2) is 0 Å². The molecule has 1 aromatic carbocycles. The van der Waals surface area contributed by atoms with Crippen molar-refractivity contribution in [3.63, 3.8) is 0 Å². The van der Waals surface area contributed by atoms with Crippen molar-refractivity contribution >= 4 is 0 Å². The molecule has 0 radical (unpaired) electrons. The predicted octanol–water partition coefficient (Wildman–Crippen LogP) is 2.29. The van der Waals surface area contributed by atoms with Gasteiger partial charge in [0.2, 0.25) is 0 Å². The highest BCUT2D eigenvalue weighted by Crippen LogP contribution is 2.44. The van der Waals surface area contributed by atoms with E-state index in [2.05, 4.69) is 12.1 Å². The molecule has 0 saturated carbocycles. The molecule has 3 rings (SSSR count). The molecule has 1 aromatic rings. The summed E-state index contributed by atoms with van der Waals surface area (Å²) in [6.07, 6.45) is 4.93. The lowest BCUT2D eigenvalue weighted by atomic mass is 9.92. The van der Waals surface area contributed by atoms with Crippen LogP contribution in [0.3, 0.4) is 0 Å². The molecule has 1 aliphatic heterocycles. The van der Waals surface area contributed by atoms with Crippen LogP contribution in [0.5, 0.6) is 5.75 Å². The molecule has 0 amide bonds. The summed E-state index contributed by atoms with van der Waals surface area (Å²) in [6, 6.07) is 8.17. The lowest BCUT2D eigenvalue weighted by Gasteiger charge is -2.13. The highest BCUT2D eigenvalue weighted by molar-refractivity contribution is 5.49. The second kappa shape index (κ2) is 2.64. The molecule has 0 saturated heterocycles. The second-order valence-corrected chi connectivity index (χ2v) is 3.68. The van der Waals surface area contributed by atoms with Gasteiger partial charge in [-0.15, -0.1) is 0 Å². The van der Waals surface area contributed by atoms with Crippen molar-refractivity contribution in [1.82, 2.24) is 0 Å². The van der Waals surface area contributed by atoms with E-state index in [1.807, 2.05) is 24.3 Å². The second-order valence-electron chi connectivity index (χ2n) is 3.68. The van der Waals surface area contributed by atoms with Crippen LogP contribution in [0, 0.1) is 0 Å². The predicted molar refractivity (Wildman–Crippen MR) is 54.8 cm³/mol. The van der Waals surface area contributed by atoms with Crippen LogP contribution in [0.4, 0.5) is 0 Å². The molecular weight excluding hydrogens is 174 g/mol. The number of rotatable bonds is 0. The van der Waals surface area contributed by atoms with E-state index in [-0.39, 0.29) is 0 Å². The van der Waals surface area contributed by atoms with Gasteiger partial charge in [0.1, 0.15) is 11.5 Å². The Morgan fingerprint density at radius 3 is 3.07 bits per heavy atom. The van der Waals surface area contributed by atoms with Crippen molar-refractivity contribution < 1.29 is 4.74 Å². The fourth-order valence-electron chi connectivity index (χ4n) is 2.06. The Morgan fingerprint density at radius 1 is 1.29 bits per heavy atom. The van der Waals surface area contributed by atoms with E-state index in [1.165, 1.54) is 5.56 Å². The van der Waals surface area contributed by atoms with Crippen LogP contribution in [0.15, 0.2) is 47.9 Å². The molecule has 0 spiro atoms. The van der Waals surface area contributed by atoms with Crippen molar-refractivity contribution in [2.45, 2.75) is 12.3 Å². The molecule has 14 heavy (non-hydrogen) atoms. The van der Waals surface area contributed by atoms with Crippen molar-refractivity contribution in [3.05, 3.63) is 53.4 Å². The van der Waals surface area contributed by atoms with E-state index < -0.39 is 0 Å². The first-order valence-corrected chi connectivity index (χ1v) is 4.78. The number of benzene rings is 1. The van der Waals surface area contributed by atoms with Crippen LogP contribution in [0.1, 0.15) is 17.9 Å². The average molecular weight is 185 g/mol. The molecular formula is C12H11NO. The fourth-order valence-corrected chi connectivity index (χ4v) is 2.06. The lowest BCUT2D eigenvalue weighted by Crippen LogP contribution is -2.07. The zero-order valence-corrected chi connectivity index (χ0v) is 7.73. The van der Waals surface area contributed by atoms with Crippen LogP contribution >= 0.6 is 0 Å². The molecule has 1 aliphatic carbocycles. The standard InChI is InChI=1S/C12H11NO/c13-8-5-6-10-9-3-1-2-4-11(9)14-12(10)7-8/h1-5,7,10H,6,13H2. The van der Waals surface area contributed by atoms with E-state index in [4.69, 9.17) is 10.5 Å². The molecule has 1 atom stereocenters. The topological polar surface area (TPSA) is 35.2 Å². The third kappa shape index (κ3) is 0.970. The minimum absolute atomic E-state index is 0.387. The molecule has 1 heterocycles. The summed E-state index contributed by atoms with van der Waals surface area (Å²) in [5, 5.41) is 0. The third-order valence-electron chi connectivity index (χ3n) is 2.76. The summed E-state index contributed by atoms with van der Waals surface area (Å²) < 4.78 is 5.72. The van der Waals surface area contributed by atoms with Gasteiger partial charge in [0, 0.05) is 17.2 Å². The van der Waals surface area contributed by atoms with Gasteiger partial charge in [0.25, 0.3) is 0 Å². The Labute approximate surface area is 82.7 Å². The van der Waals surface area contributed by atoms with Crippen LogP contribution in [-0.2, 0) is 0 Å². The smallest absolute Gasteiger partial charge is 0.130 e. The van der Waals surface area contributed by atoms with Gasteiger partial charge in [-0.3, -0.25) is 0 Å². The Kier molecular flexibility index (Phi) is 1.45. The number of ether oxygens (including phenoxy) is 1. The normalized spacial score (nSPS) is 23.0. The maximum absolute atomic E-state index is 5.73. The van der Waals surface area contributed by atoms with Crippen LogP contribution in [0.2, 0.25) is 0 Å². The molecule has 2 aliphatic rings. The van der Waals surface area contributed by atoms with Crippen LogP contribution < -0.4 is 10.5 Å². The van der Waals surface area contributed by atoms with Gasteiger partial charge >= 0.3 is 0 Å². The number of para-hydroxylation sites is 1. The van der Waals surface area contributed by atoms with Crippen LogP contribution in [0.25, 0.3) is 0 Å². The maximum Gasteiger partial charge on any atom is 0.130 e. The fraction of sp³-hybridized carbons (Fsp3) is 0.167. The summed E-state index contributed by atoms with van der Waals surface area (Å²) in [4.78, 5) is 0. The van der Waals surface area contributed by atoms with E-state index in [9.17, 15) is 0 Å². The molecule has 0 fully saturated rings. The Morgan fingerprint density at radius 2 is 2.14 bits per heavy atom. The Hall–Kier alpha value is -1.70. The number of allylic oxidation sites excluding steroid dienone is 3. The molecule has 2 N–H and O–H groups in total. The van der Waals surface area contributed by atoms with Gasteiger partial charge in [-0.2, -0.15) is 0 Å². The van der Waals surface area contributed by atoms with E-state index in [0.717, 1.165) is 23.6 Å². The van der Waals surface area contributed by atoms with E-state index >= 15 is 0 Å². The monoisotopic (exact) mass is 185 g/mol. The van der Waals surface area contributed by atoms with E-state index in [0.29, 0.717) is 5.92 Å². The number of hydrogen-bond acceptors (Lipinski definition) is 2. The summed E-state index contributed by atoms with van der Waals surface area (Å²) in [5.41, 5.74) is 7.82. The van der Waals surface area contributed by atoms with Crippen molar-refractivity contribution in [1.29, 1.82) is 0 Å². The van der Waals surface area contributed by atoms with Crippen molar-refractivity contribution in [3.8, 4) is 5.75 Å². The first kappa shape index (κ1) is 7.68. The van der Waals surface area contributed by atoms with Gasteiger partial charge in [-0.05, 0) is 18.6 Å². The van der Waals surface area contributed by atoms with Crippen LogP contribution in [-0.4, -0.2) is 0 Å². The first-order chi connectivity index (χ1) is 6.84. The summed E-state index contributed by atoms with van der Waals surface area (Å²) in [5.74, 6) is 2.36. The average Bonchev–Trinajstić information content (AvgIpc) is 2.54. The van der Waals surface area contributed by atoms with Crippen molar-refractivity contribution in [2.75, 3.05) is 0 Å². The quantitative estimate of drug-likeness (QED) is 0.673. The summed E-state index contributed by atoms with van der Waals surface area (Å²) in [6.45, 7) is 0. The van der Waals surface area contributed by atoms with Gasteiger partial charge in [-0.25, -0.2) is 0 Å². The molecule has 2 heteroatoms. The van der Waals surface area contributed by atoms with Crippen molar-refractivity contribution in [2.24, 2.45) is 5.73 Å². The highest BCUT2D eigenvalue weighted by atomic mass is 16.5. The van der Waals surface area contributed by atoms with Gasteiger partial charge in [0.05, 0.1) is 0 Å². The summed E-state index contributed by atoms with van der Waals surface area (Å²) >= 11 is 0. The maximum atomic E-state index is 5.73. The zero-order valence-electron chi connectivity index (χ0n) is 7.73. The third-order valence-corrected chi connectivity index (χ3v) is 2.76. The molecule has 2 nitrogen and oxygen atoms in total. The summed E-state index contributed by atoms with van der Waals surface area (Å²) in [7, 11) is 0. The Bertz CT molecular complexity index is 445. The minimum atomic E-state index is 0.387. The molecule has 70 valence electrons. The highest BCUT2D eigenvalue weighted by Gasteiger charge is 2.30. The van der Waals surface area contributed by atoms with E-state index in [1.54, 1.807) is 0 Å². The molecule has 1 unspecified atom stereocenters. The minimum Gasteiger partial charge on any atom is -0.461 e. The Balaban J connectivity index is 2.09. The zero-order chi connectivity index (χ0) is 9.54. The van der Waals surface area contributed by atoms with Gasteiger partial charge in [-0.1, -0.05) is 24.3 Å². The largest absolute Gasteiger partial charge is 0.461 e.